The Morgan fingerprint density at radius 3 is 2.50 bits per heavy atom. The number of aliphatic carboxylic acids is 1. The Hall–Kier alpha value is -2.27. The fraction of sp³-hybridized carbons (Fsp3) is 0.267. The van der Waals surface area contributed by atoms with Crippen molar-refractivity contribution in [3.63, 3.8) is 0 Å². The Kier molecular flexibility index (Phi) is 4.10. The summed E-state index contributed by atoms with van der Waals surface area (Å²) in [5.41, 5.74) is 6.14. The molecule has 2 aromatic rings. The van der Waals surface area contributed by atoms with E-state index in [2.05, 4.69) is 0 Å². The van der Waals surface area contributed by atoms with Crippen LogP contribution in [0, 0.1) is 0 Å². The van der Waals surface area contributed by atoms with Gasteiger partial charge in [-0.15, -0.1) is 0 Å². The number of rotatable bonds is 5. The highest BCUT2D eigenvalue weighted by atomic mass is 16.5. The van der Waals surface area contributed by atoms with Crippen LogP contribution in [0.3, 0.4) is 0 Å². The maximum atomic E-state index is 11.3. The molecule has 0 bridgehead atoms. The first-order valence-corrected chi connectivity index (χ1v) is 6.20. The average Bonchev–Trinajstić information content (AvgIpc) is 2.46. The first-order chi connectivity index (χ1) is 9.63. The van der Waals surface area contributed by atoms with Crippen molar-refractivity contribution in [2.24, 2.45) is 5.73 Å². The van der Waals surface area contributed by atoms with Gasteiger partial charge in [0.1, 0.15) is 11.5 Å². The number of carbonyl (C=O) groups is 1. The van der Waals surface area contributed by atoms with Crippen LogP contribution in [-0.2, 0) is 4.79 Å². The summed E-state index contributed by atoms with van der Waals surface area (Å²) in [7, 11) is 3.11. The maximum Gasteiger partial charge on any atom is 0.312 e. The third kappa shape index (κ3) is 2.28. The van der Waals surface area contributed by atoms with Crippen LogP contribution in [0.5, 0.6) is 11.5 Å². The molecule has 1 unspecified atom stereocenters. The molecule has 0 aliphatic carbocycles. The van der Waals surface area contributed by atoms with Crippen molar-refractivity contribution in [1.82, 2.24) is 0 Å². The number of benzene rings is 2. The Labute approximate surface area is 116 Å². The number of carboxylic acids is 1. The largest absolute Gasteiger partial charge is 0.496 e. The fourth-order valence-electron chi connectivity index (χ4n) is 2.36. The van der Waals surface area contributed by atoms with Crippen molar-refractivity contribution < 1.29 is 19.4 Å². The molecule has 0 radical (unpaired) electrons. The summed E-state index contributed by atoms with van der Waals surface area (Å²) < 4.78 is 10.7. The topological polar surface area (TPSA) is 81.8 Å². The van der Waals surface area contributed by atoms with E-state index in [4.69, 9.17) is 15.2 Å². The highest BCUT2D eigenvalue weighted by Crippen LogP contribution is 2.37. The second kappa shape index (κ2) is 5.79. The quantitative estimate of drug-likeness (QED) is 0.872. The molecule has 1 atom stereocenters. The summed E-state index contributed by atoms with van der Waals surface area (Å²) in [6, 6.07) is 9.12. The van der Waals surface area contributed by atoms with Crippen LogP contribution in [0.15, 0.2) is 30.3 Å². The van der Waals surface area contributed by atoms with Gasteiger partial charge < -0.3 is 20.3 Å². The molecule has 0 heterocycles. The lowest BCUT2D eigenvalue weighted by Crippen LogP contribution is -2.21. The Morgan fingerprint density at radius 2 is 1.95 bits per heavy atom. The molecule has 0 saturated heterocycles. The first-order valence-electron chi connectivity index (χ1n) is 6.20. The van der Waals surface area contributed by atoms with Gasteiger partial charge in [0.2, 0.25) is 0 Å². The summed E-state index contributed by atoms with van der Waals surface area (Å²) in [4.78, 5) is 11.3. The second-order valence-corrected chi connectivity index (χ2v) is 4.37. The van der Waals surface area contributed by atoms with Crippen molar-refractivity contribution in [2.75, 3.05) is 20.8 Å². The molecule has 2 aromatic carbocycles. The van der Waals surface area contributed by atoms with Gasteiger partial charge in [0.05, 0.1) is 20.1 Å². The standard InChI is InChI=1S/C15H17NO4/c1-19-13-5-3-4-10-9(13)6-7-11(14(10)20-2)12(8-16)15(17)18/h3-7,12H,8,16H2,1-2H3,(H,17,18). The molecule has 20 heavy (non-hydrogen) atoms. The van der Waals surface area contributed by atoms with Crippen LogP contribution in [0.25, 0.3) is 10.8 Å². The van der Waals surface area contributed by atoms with E-state index < -0.39 is 11.9 Å². The summed E-state index contributed by atoms with van der Waals surface area (Å²) in [5.74, 6) is -0.514. The zero-order chi connectivity index (χ0) is 14.7. The zero-order valence-corrected chi connectivity index (χ0v) is 11.4. The van der Waals surface area contributed by atoms with Gasteiger partial charge in [-0.3, -0.25) is 4.79 Å². The van der Waals surface area contributed by atoms with Crippen molar-refractivity contribution in [3.05, 3.63) is 35.9 Å². The Morgan fingerprint density at radius 1 is 1.20 bits per heavy atom. The molecule has 106 valence electrons. The lowest BCUT2D eigenvalue weighted by molar-refractivity contribution is -0.138. The van der Waals surface area contributed by atoms with Crippen LogP contribution in [0.1, 0.15) is 11.5 Å². The third-order valence-corrected chi connectivity index (χ3v) is 3.34. The summed E-state index contributed by atoms with van der Waals surface area (Å²) in [5, 5.41) is 10.9. The van der Waals surface area contributed by atoms with Gasteiger partial charge >= 0.3 is 5.97 Å². The summed E-state index contributed by atoms with van der Waals surface area (Å²) >= 11 is 0. The van der Waals surface area contributed by atoms with E-state index >= 15 is 0 Å². The monoisotopic (exact) mass is 275 g/mol. The van der Waals surface area contributed by atoms with Crippen molar-refractivity contribution in [3.8, 4) is 11.5 Å². The molecule has 0 fully saturated rings. The minimum atomic E-state index is -0.965. The number of carboxylic acid groups (broad SMARTS) is 1. The van der Waals surface area contributed by atoms with Crippen molar-refractivity contribution >= 4 is 16.7 Å². The lowest BCUT2D eigenvalue weighted by Gasteiger charge is -2.17. The number of methoxy groups -OCH3 is 2. The predicted octanol–water partition coefficient (Wildman–Crippen LogP) is 1.98. The van der Waals surface area contributed by atoms with Gasteiger partial charge in [-0.1, -0.05) is 24.3 Å². The molecule has 5 heteroatoms. The van der Waals surface area contributed by atoms with Gasteiger partial charge in [0, 0.05) is 22.9 Å². The van der Waals surface area contributed by atoms with E-state index in [9.17, 15) is 9.90 Å². The molecule has 0 spiro atoms. The minimum Gasteiger partial charge on any atom is -0.496 e. The Bertz CT molecular complexity index is 639. The van der Waals surface area contributed by atoms with E-state index in [0.29, 0.717) is 17.1 Å². The molecule has 0 amide bonds. The zero-order valence-electron chi connectivity index (χ0n) is 11.4. The van der Waals surface area contributed by atoms with E-state index in [1.54, 1.807) is 13.2 Å². The smallest absolute Gasteiger partial charge is 0.312 e. The SMILES string of the molecule is COc1cccc2c(OC)c(C(CN)C(=O)O)ccc12. The second-order valence-electron chi connectivity index (χ2n) is 4.37. The predicted molar refractivity (Wildman–Crippen MR) is 76.5 cm³/mol. The van der Waals surface area contributed by atoms with Gasteiger partial charge in [-0.05, 0) is 6.07 Å². The molecule has 3 N–H and O–H groups in total. The molecule has 0 saturated carbocycles. The maximum absolute atomic E-state index is 11.3. The van der Waals surface area contributed by atoms with E-state index in [1.807, 2.05) is 24.3 Å². The normalized spacial score (nSPS) is 12.2. The van der Waals surface area contributed by atoms with Crippen LogP contribution in [-0.4, -0.2) is 31.8 Å². The average molecular weight is 275 g/mol. The fourth-order valence-corrected chi connectivity index (χ4v) is 2.36. The molecule has 0 aliphatic heterocycles. The lowest BCUT2D eigenvalue weighted by atomic mass is 9.94. The van der Waals surface area contributed by atoms with Crippen molar-refractivity contribution in [1.29, 1.82) is 0 Å². The highest BCUT2D eigenvalue weighted by Gasteiger charge is 2.23. The summed E-state index contributed by atoms with van der Waals surface area (Å²) in [6.45, 7) is 0.0150. The van der Waals surface area contributed by atoms with Crippen LogP contribution >= 0.6 is 0 Å². The molecule has 2 rings (SSSR count). The molecular formula is C15H17NO4. The Balaban J connectivity index is 2.73. The molecule has 5 nitrogen and oxygen atoms in total. The van der Waals surface area contributed by atoms with Crippen molar-refractivity contribution in [2.45, 2.75) is 5.92 Å². The summed E-state index contributed by atoms with van der Waals surface area (Å²) in [6.07, 6.45) is 0. The molecular weight excluding hydrogens is 258 g/mol. The highest BCUT2D eigenvalue weighted by molar-refractivity contribution is 5.95. The number of fused-ring (bicyclic) bond motifs is 1. The van der Waals surface area contributed by atoms with E-state index in [1.165, 1.54) is 7.11 Å². The van der Waals surface area contributed by atoms with Crippen LogP contribution in [0.2, 0.25) is 0 Å². The number of hydrogen-bond acceptors (Lipinski definition) is 4. The molecule has 0 aliphatic rings. The van der Waals surface area contributed by atoms with Gasteiger partial charge in [0.15, 0.2) is 0 Å². The van der Waals surface area contributed by atoms with E-state index in [0.717, 1.165) is 10.8 Å². The molecule has 0 aromatic heterocycles. The van der Waals surface area contributed by atoms with Crippen LogP contribution < -0.4 is 15.2 Å². The van der Waals surface area contributed by atoms with Gasteiger partial charge in [-0.25, -0.2) is 0 Å². The van der Waals surface area contributed by atoms with Gasteiger partial charge in [-0.2, -0.15) is 0 Å². The van der Waals surface area contributed by atoms with E-state index in [-0.39, 0.29) is 6.54 Å². The first kappa shape index (κ1) is 14.1. The minimum absolute atomic E-state index is 0.0150. The number of nitrogens with two attached hydrogens (primary N) is 1. The third-order valence-electron chi connectivity index (χ3n) is 3.34. The van der Waals surface area contributed by atoms with Crippen LogP contribution in [0.4, 0.5) is 0 Å². The van der Waals surface area contributed by atoms with Gasteiger partial charge in [0.25, 0.3) is 0 Å². The number of ether oxygens (including phenoxy) is 2. The number of hydrogen-bond donors (Lipinski definition) is 2.